The lowest BCUT2D eigenvalue weighted by atomic mass is 10.3. The van der Waals surface area contributed by atoms with Gasteiger partial charge in [-0.3, -0.25) is 14.2 Å². The number of aromatic nitrogens is 1. The lowest BCUT2D eigenvalue weighted by Gasteiger charge is -2.12. The smallest absolute Gasteiger partial charge is 0.264 e. The number of benzene rings is 1. The molecule has 2 aromatic rings. The van der Waals surface area contributed by atoms with Crippen LogP contribution in [-0.2, 0) is 14.9 Å². The van der Waals surface area contributed by atoms with E-state index in [0.717, 1.165) is 10.2 Å². The molecule has 0 aliphatic carbocycles. The molecular weight excluding hydrogens is 288 g/mol. The van der Waals surface area contributed by atoms with E-state index < -0.39 is 10.1 Å². The van der Waals surface area contributed by atoms with E-state index in [4.69, 9.17) is 4.55 Å². The van der Waals surface area contributed by atoms with Gasteiger partial charge in [0.05, 0.1) is 16.0 Å². The summed E-state index contributed by atoms with van der Waals surface area (Å²) in [6, 6.07) is 7.48. The summed E-state index contributed by atoms with van der Waals surface area (Å²) in [5.74, 6) is -0.373. The zero-order chi connectivity index (χ0) is 13.9. The summed E-state index contributed by atoms with van der Waals surface area (Å²) < 4.78 is 30.8. The normalized spacial score (nSPS) is 11.6. The van der Waals surface area contributed by atoms with E-state index in [0.29, 0.717) is 11.5 Å². The van der Waals surface area contributed by atoms with Gasteiger partial charge in [0.15, 0.2) is 5.13 Å². The monoisotopic (exact) mass is 300 g/mol. The molecule has 19 heavy (non-hydrogen) atoms. The van der Waals surface area contributed by atoms with Crippen molar-refractivity contribution in [3.8, 4) is 0 Å². The molecular formula is C11H12N2O4S2. The SMILES string of the molecule is O=CN(CCCS(=O)(=O)O)c1nc2ccccc2s1. The summed E-state index contributed by atoms with van der Waals surface area (Å²) in [5, 5.41) is 0.520. The molecule has 0 radical (unpaired) electrons. The average molecular weight is 300 g/mol. The van der Waals surface area contributed by atoms with Gasteiger partial charge in [0.2, 0.25) is 6.41 Å². The Morgan fingerprint density at radius 3 is 2.74 bits per heavy atom. The van der Waals surface area contributed by atoms with Crippen LogP contribution in [0.4, 0.5) is 5.13 Å². The van der Waals surface area contributed by atoms with Crippen LogP contribution in [-0.4, -0.2) is 36.7 Å². The van der Waals surface area contributed by atoms with Crippen LogP contribution in [0.2, 0.25) is 0 Å². The second-order valence-corrected chi connectivity index (χ2v) is 6.48. The molecule has 0 bridgehead atoms. The predicted molar refractivity (Wildman–Crippen MR) is 74.1 cm³/mol. The lowest BCUT2D eigenvalue weighted by molar-refractivity contribution is -0.107. The van der Waals surface area contributed by atoms with E-state index in [1.54, 1.807) is 0 Å². The van der Waals surface area contributed by atoms with E-state index in [9.17, 15) is 13.2 Å². The number of anilines is 1. The molecule has 0 unspecified atom stereocenters. The van der Waals surface area contributed by atoms with Crippen LogP contribution in [0, 0.1) is 0 Å². The van der Waals surface area contributed by atoms with Crippen LogP contribution in [0.3, 0.4) is 0 Å². The van der Waals surface area contributed by atoms with Crippen molar-refractivity contribution in [2.75, 3.05) is 17.2 Å². The number of amides is 1. The maximum Gasteiger partial charge on any atom is 0.264 e. The Morgan fingerprint density at radius 2 is 2.11 bits per heavy atom. The fourth-order valence-electron chi connectivity index (χ4n) is 1.59. The van der Waals surface area contributed by atoms with Crippen molar-refractivity contribution < 1.29 is 17.8 Å². The van der Waals surface area contributed by atoms with Crippen molar-refractivity contribution in [3.63, 3.8) is 0 Å². The first-order valence-electron chi connectivity index (χ1n) is 5.52. The molecule has 1 aromatic heterocycles. The van der Waals surface area contributed by atoms with E-state index in [1.165, 1.54) is 16.2 Å². The second kappa shape index (κ2) is 5.64. The van der Waals surface area contributed by atoms with Crippen LogP contribution in [0.5, 0.6) is 0 Å². The number of carbonyl (C=O) groups is 1. The zero-order valence-corrected chi connectivity index (χ0v) is 11.5. The number of fused-ring (bicyclic) bond motifs is 1. The van der Waals surface area contributed by atoms with Crippen LogP contribution >= 0.6 is 11.3 Å². The standard InChI is InChI=1S/C11H12N2O4S2/c14-8-13(6-3-7-19(15,16)17)11-12-9-4-1-2-5-10(9)18-11/h1-2,4-5,8H,3,6-7H2,(H,15,16,17). The highest BCUT2D eigenvalue weighted by Gasteiger charge is 2.12. The highest BCUT2D eigenvalue weighted by molar-refractivity contribution is 7.85. The van der Waals surface area contributed by atoms with Crippen molar-refractivity contribution in [1.82, 2.24) is 4.98 Å². The van der Waals surface area contributed by atoms with Crippen LogP contribution < -0.4 is 4.90 Å². The number of para-hydroxylation sites is 1. The number of thiazole rings is 1. The Labute approximate surface area is 114 Å². The number of carbonyl (C=O) groups excluding carboxylic acids is 1. The molecule has 8 heteroatoms. The summed E-state index contributed by atoms with van der Waals surface area (Å²) in [6.45, 7) is 0.198. The molecule has 6 nitrogen and oxygen atoms in total. The van der Waals surface area contributed by atoms with E-state index >= 15 is 0 Å². The molecule has 0 aliphatic heterocycles. The van der Waals surface area contributed by atoms with Gasteiger partial charge >= 0.3 is 0 Å². The summed E-state index contributed by atoms with van der Waals surface area (Å²) in [4.78, 5) is 16.7. The quantitative estimate of drug-likeness (QED) is 0.646. The highest BCUT2D eigenvalue weighted by Crippen LogP contribution is 2.27. The third-order valence-electron chi connectivity index (χ3n) is 2.46. The maximum atomic E-state index is 11.0. The number of nitrogens with zero attached hydrogens (tertiary/aromatic N) is 2. The molecule has 1 N–H and O–H groups in total. The van der Waals surface area contributed by atoms with Gasteiger partial charge in [-0.25, -0.2) is 4.98 Å². The third-order valence-corrected chi connectivity index (χ3v) is 4.33. The molecule has 0 spiro atoms. The fourth-order valence-corrected chi connectivity index (χ4v) is 3.04. The topological polar surface area (TPSA) is 87.6 Å². The molecule has 0 atom stereocenters. The first kappa shape index (κ1) is 13.9. The summed E-state index contributed by atoms with van der Waals surface area (Å²) in [6.07, 6.45) is 0.773. The van der Waals surface area contributed by atoms with Gasteiger partial charge in [0.25, 0.3) is 10.1 Å². The Bertz CT molecular complexity index is 648. The molecule has 0 saturated carbocycles. The highest BCUT2D eigenvalue weighted by atomic mass is 32.2. The maximum absolute atomic E-state index is 11.0. The first-order chi connectivity index (χ1) is 8.99. The van der Waals surface area contributed by atoms with Gasteiger partial charge in [-0.15, -0.1) is 0 Å². The minimum atomic E-state index is -3.99. The molecule has 1 amide bonds. The molecule has 1 heterocycles. The number of hydrogen-bond donors (Lipinski definition) is 1. The Morgan fingerprint density at radius 1 is 1.37 bits per heavy atom. The van der Waals surface area contributed by atoms with Crippen LogP contribution in [0.15, 0.2) is 24.3 Å². The van der Waals surface area contributed by atoms with Gasteiger partial charge < -0.3 is 0 Å². The van der Waals surface area contributed by atoms with E-state index in [1.807, 2.05) is 24.3 Å². The van der Waals surface area contributed by atoms with Gasteiger partial charge in [-0.2, -0.15) is 8.42 Å². The largest absolute Gasteiger partial charge is 0.291 e. The minimum absolute atomic E-state index is 0.160. The average Bonchev–Trinajstić information content (AvgIpc) is 2.76. The van der Waals surface area contributed by atoms with E-state index in [2.05, 4.69) is 4.98 Å². The van der Waals surface area contributed by atoms with Crippen LogP contribution in [0.1, 0.15) is 6.42 Å². The van der Waals surface area contributed by atoms with E-state index in [-0.39, 0.29) is 18.7 Å². The molecule has 102 valence electrons. The molecule has 1 aromatic carbocycles. The summed E-state index contributed by atoms with van der Waals surface area (Å²) in [7, 11) is -3.99. The Kier molecular flexibility index (Phi) is 4.13. The summed E-state index contributed by atoms with van der Waals surface area (Å²) in [5.41, 5.74) is 0.795. The van der Waals surface area contributed by atoms with Crippen molar-refractivity contribution in [2.45, 2.75) is 6.42 Å². The molecule has 0 saturated heterocycles. The van der Waals surface area contributed by atoms with Crippen molar-refractivity contribution >= 4 is 43.2 Å². The van der Waals surface area contributed by atoms with Gasteiger partial charge in [0.1, 0.15) is 0 Å². The predicted octanol–water partition coefficient (Wildman–Crippen LogP) is 1.54. The Balaban J connectivity index is 2.11. The van der Waals surface area contributed by atoms with Gasteiger partial charge in [-0.1, -0.05) is 23.5 Å². The lowest BCUT2D eigenvalue weighted by Crippen LogP contribution is -2.24. The van der Waals surface area contributed by atoms with Gasteiger partial charge in [0, 0.05) is 6.54 Å². The van der Waals surface area contributed by atoms with Crippen molar-refractivity contribution in [3.05, 3.63) is 24.3 Å². The van der Waals surface area contributed by atoms with Crippen molar-refractivity contribution in [1.29, 1.82) is 0 Å². The molecule has 2 rings (SSSR count). The van der Waals surface area contributed by atoms with Crippen LogP contribution in [0.25, 0.3) is 10.2 Å². The second-order valence-electron chi connectivity index (χ2n) is 3.90. The molecule has 0 aliphatic rings. The number of hydrogen-bond acceptors (Lipinski definition) is 5. The minimum Gasteiger partial charge on any atom is -0.291 e. The first-order valence-corrected chi connectivity index (χ1v) is 7.95. The van der Waals surface area contributed by atoms with Gasteiger partial charge in [-0.05, 0) is 18.6 Å². The third kappa shape index (κ3) is 3.72. The number of rotatable bonds is 6. The van der Waals surface area contributed by atoms with Crippen molar-refractivity contribution in [2.24, 2.45) is 0 Å². The molecule has 0 fully saturated rings. The fraction of sp³-hybridized carbons (Fsp3) is 0.273. The zero-order valence-electron chi connectivity index (χ0n) is 9.89. The Hall–Kier alpha value is -1.51. The summed E-state index contributed by atoms with van der Waals surface area (Å²) >= 11 is 1.36.